The Balaban J connectivity index is 1.42. The number of hydrogen-bond acceptors (Lipinski definition) is 5. The molecule has 0 radical (unpaired) electrons. The minimum Gasteiger partial charge on any atom is -0.380 e. The van der Waals surface area contributed by atoms with Crippen LogP contribution in [0.25, 0.3) is 0 Å². The molecule has 1 N–H and O–H groups in total. The molecule has 3 aliphatic rings. The van der Waals surface area contributed by atoms with Crippen molar-refractivity contribution in [3.05, 3.63) is 11.6 Å². The number of nitrogens with zero attached hydrogens (tertiary/aromatic N) is 3. The van der Waals surface area contributed by atoms with Crippen LogP contribution in [0.5, 0.6) is 0 Å². The molecule has 2 heterocycles. The molecule has 1 aliphatic heterocycles. The molecule has 2 saturated carbocycles. The number of methoxy groups -OCH3 is 1. The molecule has 1 saturated heterocycles. The van der Waals surface area contributed by atoms with Crippen molar-refractivity contribution in [3.8, 4) is 0 Å². The summed E-state index contributed by atoms with van der Waals surface area (Å²) in [6.45, 7) is 1.44. The Morgan fingerprint density at radius 1 is 1.35 bits per heavy atom. The Kier molecular flexibility index (Phi) is 4.07. The first kappa shape index (κ1) is 15.1. The maximum absolute atomic E-state index is 12.5. The van der Waals surface area contributed by atoms with E-state index in [2.05, 4.69) is 15.2 Å². The third kappa shape index (κ3) is 3.40. The maximum Gasteiger partial charge on any atom is 0.249 e. The number of carbonyl (C=O) groups excluding carboxylic acids is 1. The summed E-state index contributed by atoms with van der Waals surface area (Å²) < 4.78 is 11.0. The van der Waals surface area contributed by atoms with Gasteiger partial charge in [-0.2, -0.15) is 5.10 Å². The molecule has 2 aliphatic carbocycles. The molecule has 2 atom stereocenters. The van der Waals surface area contributed by atoms with E-state index in [4.69, 9.17) is 9.47 Å². The van der Waals surface area contributed by atoms with Gasteiger partial charge in [0.2, 0.25) is 5.91 Å². The van der Waals surface area contributed by atoms with E-state index in [0.717, 1.165) is 18.1 Å². The van der Waals surface area contributed by atoms with Crippen LogP contribution >= 0.6 is 0 Å². The molecule has 1 amide bonds. The molecule has 0 aromatic carbocycles. The van der Waals surface area contributed by atoms with Crippen molar-refractivity contribution >= 4 is 5.91 Å². The zero-order valence-electron chi connectivity index (χ0n) is 13.5. The molecule has 4 rings (SSSR count). The van der Waals surface area contributed by atoms with Crippen LogP contribution in [0.4, 0.5) is 0 Å². The van der Waals surface area contributed by atoms with Crippen LogP contribution in [0.15, 0.2) is 0 Å². The van der Waals surface area contributed by atoms with E-state index in [0.29, 0.717) is 25.0 Å². The lowest BCUT2D eigenvalue weighted by Gasteiger charge is -2.22. The maximum atomic E-state index is 12.5. The molecule has 7 heteroatoms. The monoisotopic (exact) mass is 320 g/mol. The normalized spacial score (nSPS) is 27.6. The Morgan fingerprint density at radius 2 is 2.17 bits per heavy atom. The molecule has 126 valence electrons. The van der Waals surface area contributed by atoms with E-state index in [1.807, 2.05) is 4.90 Å². The van der Waals surface area contributed by atoms with Gasteiger partial charge in [-0.05, 0) is 31.6 Å². The number of hydrogen-bond donors (Lipinski definition) is 1. The minimum atomic E-state index is -0.0861. The Bertz CT molecular complexity index is 567. The van der Waals surface area contributed by atoms with Crippen molar-refractivity contribution in [3.63, 3.8) is 0 Å². The van der Waals surface area contributed by atoms with Gasteiger partial charge in [0.05, 0.1) is 18.8 Å². The number of aromatic nitrogens is 3. The minimum absolute atomic E-state index is 0.0135. The summed E-state index contributed by atoms with van der Waals surface area (Å²) in [7, 11) is 1.69. The molecule has 1 aromatic rings. The third-order valence-electron chi connectivity index (χ3n) is 4.97. The van der Waals surface area contributed by atoms with E-state index in [9.17, 15) is 4.79 Å². The number of rotatable bonds is 7. The van der Waals surface area contributed by atoms with Crippen molar-refractivity contribution in [2.45, 2.75) is 50.2 Å². The second-order valence-corrected chi connectivity index (χ2v) is 6.97. The van der Waals surface area contributed by atoms with Crippen LogP contribution in [-0.4, -0.2) is 59.0 Å². The zero-order chi connectivity index (χ0) is 15.8. The first-order valence-corrected chi connectivity index (χ1v) is 8.56. The van der Waals surface area contributed by atoms with E-state index < -0.39 is 0 Å². The predicted octanol–water partition coefficient (Wildman–Crippen LogP) is 1.40. The Labute approximate surface area is 135 Å². The summed E-state index contributed by atoms with van der Waals surface area (Å²) in [5, 5.41) is 7.35. The van der Waals surface area contributed by atoms with E-state index in [1.165, 1.54) is 25.7 Å². The number of aromatic amines is 1. The summed E-state index contributed by atoms with van der Waals surface area (Å²) in [6.07, 6.45) is 5.59. The molecule has 0 bridgehead atoms. The van der Waals surface area contributed by atoms with Gasteiger partial charge in [-0.25, -0.2) is 4.98 Å². The quantitative estimate of drug-likeness (QED) is 0.821. The van der Waals surface area contributed by atoms with Gasteiger partial charge in [0.25, 0.3) is 0 Å². The average Bonchev–Trinajstić information content (AvgIpc) is 3.48. The van der Waals surface area contributed by atoms with Crippen LogP contribution in [0, 0.1) is 5.92 Å². The van der Waals surface area contributed by atoms with Gasteiger partial charge in [0.1, 0.15) is 12.4 Å². The smallest absolute Gasteiger partial charge is 0.249 e. The summed E-state index contributed by atoms with van der Waals surface area (Å²) in [6, 6.07) is -0.0861. The van der Waals surface area contributed by atoms with Gasteiger partial charge in [0.15, 0.2) is 5.82 Å². The number of amides is 1. The predicted molar refractivity (Wildman–Crippen MR) is 81.8 cm³/mol. The highest BCUT2D eigenvalue weighted by molar-refractivity contribution is 5.78. The van der Waals surface area contributed by atoms with Gasteiger partial charge in [-0.3, -0.25) is 9.89 Å². The highest BCUT2D eigenvalue weighted by Gasteiger charge is 2.39. The molecule has 1 aromatic heterocycles. The summed E-state index contributed by atoms with van der Waals surface area (Å²) in [5.41, 5.74) is 0. The van der Waals surface area contributed by atoms with Gasteiger partial charge in [0, 0.05) is 26.0 Å². The topological polar surface area (TPSA) is 80.3 Å². The molecular weight excluding hydrogens is 296 g/mol. The van der Waals surface area contributed by atoms with Crippen LogP contribution in [-0.2, 0) is 14.3 Å². The molecule has 3 fully saturated rings. The summed E-state index contributed by atoms with van der Waals surface area (Å²) in [4.78, 5) is 19.0. The van der Waals surface area contributed by atoms with Gasteiger partial charge in [-0.15, -0.1) is 0 Å². The zero-order valence-corrected chi connectivity index (χ0v) is 13.5. The average molecular weight is 320 g/mol. The van der Waals surface area contributed by atoms with E-state index in [-0.39, 0.29) is 24.7 Å². The number of carbonyl (C=O) groups is 1. The van der Waals surface area contributed by atoms with Gasteiger partial charge in [-0.1, -0.05) is 0 Å². The van der Waals surface area contributed by atoms with Crippen molar-refractivity contribution in [2.24, 2.45) is 5.92 Å². The molecule has 0 spiro atoms. The number of nitrogens with one attached hydrogen (secondary N) is 1. The molecule has 0 unspecified atom stereocenters. The summed E-state index contributed by atoms with van der Waals surface area (Å²) in [5.74, 6) is 2.85. The first-order valence-electron chi connectivity index (χ1n) is 8.56. The highest BCUT2D eigenvalue weighted by Crippen LogP contribution is 2.39. The molecule has 23 heavy (non-hydrogen) atoms. The van der Waals surface area contributed by atoms with E-state index >= 15 is 0 Å². The second-order valence-electron chi connectivity index (χ2n) is 6.97. The number of H-pyrrole nitrogens is 1. The largest absolute Gasteiger partial charge is 0.380 e. The lowest BCUT2D eigenvalue weighted by molar-refractivity contribution is -0.137. The summed E-state index contributed by atoms with van der Waals surface area (Å²) >= 11 is 0. The highest BCUT2D eigenvalue weighted by atomic mass is 16.5. The van der Waals surface area contributed by atoms with Crippen LogP contribution in [0.2, 0.25) is 0 Å². The molecular formula is C16H24N4O3. The fourth-order valence-electron chi connectivity index (χ4n) is 3.14. The lowest BCUT2D eigenvalue weighted by Crippen LogP contribution is -2.35. The van der Waals surface area contributed by atoms with Crippen molar-refractivity contribution in [2.75, 3.05) is 26.9 Å². The molecule has 7 nitrogen and oxygen atoms in total. The van der Waals surface area contributed by atoms with Crippen molar-refractivity contribution in [1.29, 1.82) is 0 Å². The van der Waals surface area contributed by atoms with Gasteiger partial charge >= 0.3 is 0 Å². The van der Waals surface area contributed by atoms with Crippen LogP contribution in [0.3, 0.4) is 0 Å². The van der Waals surface area contributed by atoms with Crippen LogP contribution < -0.4 is 0 Å². The Hall–Kier alpha value is -1.47. The lowest BCUT2D eigenvalue weighted by atomic mass is 10.2. The van der Waals surface area contributed by atoms with E-state index in [1.54, 1.807) is 7.11 Å². The van der Waals surface area contributed by atoms with Gasteiger partial charge < -0.3 is 14.4 Å². The second kappa shape index (κ2) is 6.20. The SMILES string of the molecule is CO[C@@H]1C[C@@H](c2nc(C3CC3)n[nH]2)N(C(=O)COCC2CC2)C1. The fourth-order valence-corrected chi connectivity index (χ4v) is 3.14. The Morgan fingerprint density at radius 3 is 2.87 bits per heavy atom. The standard InChI is InChI=1S/C16H24N4O3/c1-22-12-6-13(16-17-15(18-19-16)11-4-5-11)20(7-12)14(21)9-23-8-10-2-3-10/h10-13H,2-9H2,1H3,(H,17,18,19)/t12-,13+/m1/s1. The first-order chi connectivity index (χ1) is 11.2. The third-order valence-corrected chi connectivity index (χ3v) is 4.97. The fraction of sp³-hybridized carbons (Fsp3) is 0.812. The number of ether oxygens (including phenoxy) is 2. The van der Waals surface area contributed by atoms with Crippen molar-refractivity contribution in [1.82, 2.24) is 20.1 Å². The van der Waals surface area contributed by atoms with Crippen molar-refractivity contribution < 1.29 is 14.3 Å². The van der Waals surface area contributed by atoms with Crippen LogP contribution in [0.1, 0.15) is 55.7 Å². The number of likely N-dealkylation sites (tertiary alicyclic amines) is 1.